The van der Waals surface area contributed by atoms with Crippen molar-refractivity contribution in [2.75, 3.05) is 19.0 Å². The highest BCUT2D eigenvalue weighted by Gasteiger charge is 2.49. The first-order chi connectivity index (χ1) is 14.9. The number of allylic oxidation sites excluding steroid dienone is 8. The third kappa shape index (κ3) is 5.60. The highest BCUT2D eigenvalue weighted by molar-refractivity contribution is 6.04. The molecule has 0 aromatic carbocycles. The number of carbonyl (C=O) groups is 2. The van der Waals surface area contributed by atoms with Crippen molar-refractivity contribution in [1.29, 1.82) is 0 Å². The van der Waals surface area contributed by atoms with E-state index in [2.05, 4.69) is 16.9 Å². The average Bonchev–Trinajstić information content (AvgIpc) is 3.57. The first-order valence-corrected chi connectivity index (χ1v) is 10.4. The lowest BCUT2D eigenvalue weighted by atomic mass is 10.1. The van der Waals surface area contributed by atoms with E-state index in [-0.39, 0.29) is 23.6 Å². The number of Topliss-reactive ketones (excluding diaryl/α,β-unsaturated/α-hetero) is 1. The molecule has 0 radical (unpaired) electrons. The van der Waals surface area contributed by atoms with Gasteiger partial charge in [-0.05, 0) is 37.5 Å². The number of rotatable bonds is 7. The molecule has 2 atom stereocenters. The van der Waals surface area contributed by atoms with Gasteiger partial charge >= 0.3 is 5.97 Å². The number of esters is 1. The van der Waals surface area contributed by atoms with Gasteiger partial charge in [0.15, 0.2) is 5.78 Å². The van der Waals surface area contributed by atoms with E-state index < -0.39 is 0 Å². The van der Waals surface area contributed by atoms with Gasteiger partial charge < -0.3 is 14.8 Å². The standard InChI is InChI=1S/C25H28N2O4/c1-5-31-25(29)20-13-19(20)24(28)21-15-26-23(14-22(21)30-4)27-18-10-8-6-7-9-16(2)17(3)11-12-18/h6-9,11-12,14-15,19-20H,2,5,10,13H2,1,3-4H3,(H,26,27)/b8-6-,9-7-,17-11-,18-12+. The second kappa shape index (κ2) is 10.1. The zero-order chi connectivity index (χ0) is 22.4. The summed E-state index contributed by atoms with van der Waals surface area (Å²) in [5, 5.41) is 3.30. The summed E-state index contributed by atoms with van der Waals surface area (Å²) < 4.78 is 10.5. The second-order valence-corrected chi connectivity index (χ2v) is 7.52. The lowest BCUT2D eigenvalue weighted by molar-refractivity contribution is -0.144. The Morgan fingerprint density at radius 3 is 2.81 bits per heavy atom. The van der Waals surface area contributed by atoms with Crippen molar-refractivity contribution in [2.24, 2.45) is 11.8 Å². The normalized spacial score (nSPS) is 25.8. The van der Waals surface area contributed by atoms with Crippen LogP contribution < -0.4 is 10.1 Å². The number of anilines is 1. The fraction of sp³-hybridized carbons (Fsp3) is 0.320. The molecule has 2 unspecified atom stereocenters. The fourth-order valence-electron chi connectivity index (χ4n) is 3.29. The molecule has 1 aromatic heterocycles. The number of nitrogens with one attached hydrogen (secondary N) is 1. The van der Waals surface area contributed by atoms with Crippen LogP contribution in [-0.2, 0) is 9.53 Å². The molecule has 3 rings (SSSR count). The number of hydrogen-bond acceptors (Lipinski definition) is 6. The van der Waals surface area contributed by atoms with Crippen LogP contribution in [0.2, 0.25) is 0 Å². The summed E-state index contributed by atoms with van der Waals surface area (Å²) in [6.07, 6.45) is 14.7. The molecule has 2 aliphatic rings. The van der Waals surface area contributed by atoms with Crippen LogP contribution in [0.3, 0.4) is 0 Å². The third-order valence-corrected chi connectivity index (χ3v) is 5.28. The Balaban J connectivity index is 1.76. The zero-order valence-corrected chi connectivity index (χ0v) is 18.2. The molecule has 0 bridgehead atoms. The maximum atomic E-state index is 12.8. The number of ether oxygens (including phenoxy) is 2. The summed E-state index contributed by atoms with van der Waals surface area (Å²) in [4.78, 5) is 29.1. The number of carbonyl (C=O) groups excluding carboxylic acids is 2. The Hall–Kier alpha value is -3.41. The molecule has 31 heavy (non-hydrogen) atoms. The minimum absolute atomic E-state index is 0.140. The van der Waals surface area contributed by atoms with Crippen molar-refractivity contribution in [3.05, 3.63) is 77.7 Å². The molecule has 0 aliphatic heterocycles. The van der Waals surface area contributed by atoms with Gasteiger partial charge in [0, 0.05) is 30.3 Å². The largest absolute Gasteiger partial charge is 0.496 e. The molecular weight excluding hydrogens is 392 g/mol. The number of hydrogen-bond donors (Lipinski definition) is 1. The van der Waals surface area contributed by atoms with Gasteiger partial charge in [-0.25, -0.2) is 4.98 Å². The van der Waals surface area contributed by atoms with E-state index in [1.54, 1.807) is 13.0 Å². The minimum atomic E-state index is -0.367. The smallest absolute Gasteiger partial charge is 0.309 e. The van der Waals surface area contributed by atoms with Crippen LogP contribution in [-0.4, -0.2) is 30.5 Å². The topological polar surface area (TPSA) is 77.5 Å². The summed E-state index contributed by atoms with van der Waals surface area (Å²) >= 11 is 0. The number of ketones is 1. The van der Waals surface area contributed by atoms with Gasteiger partial charge in [0.2, 0.25) is 0 Å². The molecule has 1 heterocycles. The maximum absolute atomic E-state index is 12.8. The highest BCUT2D eigenvalue weighted by Crippen LogP contribution is 2.43. The molecular formula is C25H28N2O4. The van der Waals surface area contributed by atoms with Gasteiger partial charge in [-0.3, -0.25) is 9.59 Å². The van der Waals surface area contributed by atoms with E-state index in [1.165, 1.54) is 13.3 Å². The van der Waals surface area contributed by atoms with Crippen molar-refractivity contribution < 1.29 is 19.1 Å². The predicted octanol–water partition coefficient (Wildman–Crippen LogP) is 4.79. The van der Waals surface area contributed by atoms with Crippen molar-refractivity contribution in [3.63, 3.8) is 0 Å². The van der Waals surface area contributed by atoms with Crippen molar-refractivity contribution in [3.8, 4) is 5.75 Å². The van der Waals surface area contributed by atoms with Crippen molar-refractivity contribution in [2.45, 2.75) is 26.7 Å². The molecule has 1 fully saturated rings. The SMILES string of the molecule is C=C1/C=C\C=C/C/C(Nc2cc(OC)c(C(=O)C3CC3C(=O)OCC)cn2)=C\C=C/1C. The monoisotopic (exact) mass is 420 g/mol. The van der Waals surface area contributed by atoms with Gasteiger partial charge in [0.05, 0.1) is 25.2 Å². The Morgan fingerprint density at radius 2 is 2.06 bits per heavy atom. The fourth-order valence-corrected chi connectivity index (χ4v) is 3.29. The molecule has 1 N–H and O–H groups in total. The van der Waals surface area contributed by atoms with E-state index in [0.29, 0.717) is 36.6 Å². The highest BCUT2D eigenvalue weighted by atomic mass is 16.5. The Bertz CT molecular complexity index is 1000. The van der Waals surface area contributed by atoms with Crippen LogP contribution in [0.15, 0.2) is 72.1 Å². The van der Waals surface area contributed by atoms with Crippen LogP contribution in [0.25, 0.3) is 0 Å². The third-order valence-electron chi connectivity index (χ3n) is 5.28. The second-order valence-electron chi connectivity index (χ2n) is 7.52. The summed E-state index contributed by atoms with van der Waals surface area (Å²) in [6.45, 7) is 8.12. The minimum Gasteiger partial charge on any atom is -0.496 e. The van der Waals surface area contributed by atoms with E-state index in [1.807, 2.05) is 43.4 Å². The lowest BCUT2D eigenvalue weighted by Crippen LogP contribution is -2.13. The zero-order valence-electron chi connectivity index (χ0n) is 18.2. The average molecular weight is 421 g/mol. The molecule has 0 amide bonds. The molecule has 0 saturated heterocycles. The molecule has 2 aliphatic carbocycles. The summed E-state index contributed by atoms with van der Waals surface area (Å²) in [7, 11) is 1.52. The van der Waals surface area contributed by atoms with Crippen LogP contribution in [0.1, 0.15) is 37.0 Å². The van der Waals surface area contributed by atoms with E-state index in [9.17, 15) is 9.59 Å². The number of methoxy groups -OCH3 is 1. The number of aromatic nitrogens is 1. The van der Waals surface area contributed by atoms with Gasteiger partial charge in [0.1, 0.15) is 11.6 Å². The number of nitrogens with zero attached hydrogens (tertiary/aromatic N) is 1. The van der Waals surface area contributed by atoms with Crippen LogP contribution in [0.5, 0.6) is 5.75 Å². The van der Waals surface area contributed by atoms with Crippen molar-refractivity contribution in [1.82, 2.24) is 4.98 Å². The van der Waals surface area contributed by atoms with Crippen LogP contribution >= 0.6 is 0 Å². The first-order valence-electron chi connectivity index (χ1n) is 10.4. The molecule has 162 valence electrons. The van der Waals surface area contributed by atoms with Crippen LogP contribution in [0.4, 0.5) is 5.82 Å². The van der Waals surface area contributed by atoms with E-state index in [4.69, 9.17) is 9.47 Å². The molecule has 6 nitrogen and oxygen atoms in total. The predicted molar refractivity (Wildman–Crippen MR) is 121 cm³/mol. The van der Waals surface area contributed by atoms with E-state index >= 15 is 0 Å². The Morgan fingerprint density at radius 1 is 1.26 bits per heavy atom. The van der Waals surface area contributed by atoms with Gasteiger partial charge in [0.25, 0.3) is 0 Å². The molecule has 1 saturated carbocycles. The molecule has 0 spiro atoms. The molecule has 6 heteroatoms. The first kappa shape index (κ1) is 22.3. The van der Waals surface area contributed by atoms with E-state index in [0.717, 1.165) is 16.8 Å². The lowest BCUT2D eigenvalue weighted by Gasteiger charge is -2.13. The Kier molecular flexibility index (Phi) is 7.23. The molecule has 1 aromatic rings. The quantitative estimate of drug-likeness (QED) is 0.505. The summed E-state index contributed by atoms with van der Waals surface area (Å²) in [6, 6.07) is 1.70. The van der Waals surface area contributed by atoms with Gasteiger partial charge in [-0.2, -0.15) is 0 Å². The summed E-state index contributed by atoms with van der Waals surface area (Å²) in [5.41, 5.74) is 3.34. The Labute approximate surface area is 183 Å². The van der Waals surface area contributed by atoms with Gasteiger partial charge in [-0.1, -0.05) is 37.0 Å². The van der Waals surface area contributed by atoms with Crippen LogP contribution in [0, 0.1) is 11.8 Å². The number of pyridine rings is 1. The van der Waals surface area contributed by atoms with Gasteiger partial charge in [-0.15, -0.1) is 0 Å². The summed E-state index contributed by atoms with van der Waals surface area (Å²) in [5.74, 6) is -0.191. The van der Waals surface area contributed by atoms with Crippen molar-refractivity contribution >= 4 is 17.6 Å². The maximum Gasteiger partial charge on any atom is 0.309 e.